The SMILES string of the molecule is CC(Nc1ccc2ccccc2c1)c1ccc(O)cc1. The van der Waals surface area contributed by atoms with Gasteiger partial charge in [-0.15, -0.1) is 0 Å². The Kier molecular flexibility index (Phi) is 3.30. The molecule has 0 spiro atoms. The van der Waals surface area contributed by atoms with Crippen molar-refractivity contribution < 1.29 is 5.11 Å². The molecule has 0 saturated carbocycles. The van der Waals surface area contributed by atoms with Crippen molar-refractivity contribution in [3.63, 3.8) is 0 Å². The highest BCUT2D eigenvalue weighted by Gasteiger charge is 2.05. The average molecular weight is 263 g/mol. The van der Waals surface area contributed by atoms with E-state index in [1.165, 1.54) is 10.8 Å². The van der Waals surface area contributed by atoms with Crippen molar-refractivity contribution >= 4 is 16.5 Å². The van der Waals surface area contributed by atoms with Crippen LogP contribution >= 0.6 is 0 Å². The fourth-order valence-corrected chi connectivity index (χ4v) is 2.38. The van der Waals surface area contributed by atoms with E-state index in [2.05, 4.69) is 54.7 Å². The molecule has 100 valence electrons. The molecule has 0 aliphatic rings. The van der Waals surface area contributed by atoms with Crippen molar-refractivity contribution in [3.05, 3.63) is 72.3 Å². The maximum absolute atomic E-state index is 9.33. The molecular formula is C18H17NO. The molecule has 0 amide bonds. The van der Waals surface area contributed by atoms with Crippen LogP contribution in [-0.2, 0) is 0 Å². The maximum atomic E-state index is 9.33. The first kappa shape index (κ1) is 12.5. The van der Waals surface area contributed by atoms with Crippen LogP contribution in [0.25, 0.3) is 10.8 Å². The molecule has 3 rings (SSSR count). The summed E-state index contributed by atoms with van der Waals surface area (Å²) >= 11 is 0. The average Bonchev–Trinajstić information content (AvgIpc) is 2.48. The van der Waals surface area contributed by atoms with Crippen molar-refractivity contribution in [1.29, 1.82) is 0 Å². The standard InChI is InChI=1S/C18H17NO/c1-13(14-7-10-18(20)11-8-14)19-17-9-6-15-4-2-3-5-16(15)12-17/h2-13,19-20H,1H3. The van der Waals surface area contributed by atoms with Gasteiger partial charge < -0.3 is 10.4 Å². The predicted molar refractivity (Wildman–Crippen MR) is 84.1 cm³/mol. The van der Waals surface area contributed by atoms with E-state index >= 15 is 0 Å². The first-order chi connectivity index (χ1) is 9.72. The molecule has 20 heavy (non-hydrogen) atoms. The second-order valence-corrected chi connectivity index (χ2v) is 5.02. The van der Waals surface area contributed by atoms with Crippen LogP contribution in [-0.4, -0.2) is 5.11 Å². The smallest absolute Gasteiger partial charge is 0.115 e. The molecule has 3 aromatic rings. The molecule has 2 heteroatoms. The van der Waals surface area contributed by atoms with E-state index in [1.54, 1.807) is 12.1 Å². The van der Waals surface area contributed by atoms with Gasteiger partial charge in [0.2, 0.25) is 0 Å². The number of rotatable bonds is 3. The zero-order chi connectivity index (χ0) is 13.9. The van der Waals surface area contributed by atoms with Gasteiger partial charge in [-0.25, -0.2) is 0 Å². The van der Waals surface area contributed by atoms with Gasteiger partial charge in [-0.1, -0.05) is 42.5 Å². The van der Waals surface area contributed by atoms with E-state index in [0.29, 0.717) is 5.75 Å². The molecule has 0 aliphatic carbocycles. The Morgan fingerprint density at radius 1 is 0.850 bits per heavy atom. The van der Waals surface area contributed by atoms with E-state index in [9.17, 15) is 5.11 Å². The van der Waals surface area contributed by atoms with Crippen molar-refractivity contribution in [2.24, 2.45) is 0 Å². The highest BCUT2D eigenvalue weighted by atomic mass is 16.3. The lowest BCUT2D eigenvalue weighted by Gasteiger charge is -2.16. The molecule has 0 radical (unpaired) electrons. The molecule has 2 N–H and O–H groups in total. The number of hydrogen-bond donors (Lipinski definition) is 2. The largest absolute Gasteiger partial charge is 0.508 e. The summed E-state index contributed by atoms with van der Waals surface area (Å²) in [6, 6.07) is 22.2. The van der Waals surface area contributed by atoms with Crippen LogP contribution in [0.1, 0.15) is 18.5 Å². The molecule has 0 aromatic heterocycles. The molecule has 0 aliphatic heterocycles. The fourth-order valence-electron chi connectivity index (χ4n) is 2.38. The minimum atomic E-state index is 0.191. The second kappa shape index (κ2) is 5.25. The van der Waals surface area contributed by atoms with Crippen LogP contribution in [0, 0.1) is 0 Å². The van der Waals surface area contributed by atoms with Crippen molar-refractivity contribution in [3.8, 4) is 5.75 Å². The van der Waals surface area contributed by atoms with Gasteiger partial charge in [0, 0.05) is 11.7 Å². The third-order valence-corrected chi connectivity index (χ3v) is 3.53. The third kappa shape index (κ3) is 2.59. The predicted octanol–water partition coefficient (Wildman–Crippen LogP) is 4.72. The molecule has 3 aromatic carbocycles. The summed E-state index contributed by atoms with van der Waals surface area (Å²) in [5.41, 5.74) is 2.25. The number of nitrogens with one attached hydrogen (secondary N) is 1. The summed E-state index contributed by atoms with van der Waals surface area (Å²) in [6.07, 6.45) is 0. The summed E-state index contributed by atoms with van der Waals surface area (Å²) in [7, 11) is 0. The number of fused-ring (bicyclic) bond motifs is 1. The molecule has 0 fully saturated rings. The minimum Gasteiger partial charge on any atom is -0.508 e. The molecular weight excluding hydrogens is 246 g/mol. The summed E-state index contributed by atoms with van der Waals surface area (Å²) in [6.45, 7) is 2.11. The maximum Gasteiger partial charge on any atom is 0.115 e. The quantitative estimate of drug-likeness (QED) is 0.716. The van der Waals surface area contributed by atoms with Crippen LogP contribution in [0.2, 0.25) is 0 Å². The summed E-state index contributed by atoms with van der Waals surface area (Å²) in [5, 5.41) is 15.3. The minimum absolute atomic E-state index is 0.191. The van der Waals surface area contributed by atoms with E-state index < -0.39 is 0 Å². The lowest BCUT2D eigenvalue weighted by Crippen LogP contribution is -2.06. The molecule has 2 nitrogen and oxygen atoms in total. The van der Waals surface area contributed by atoms with E-state index in [4.69, 9.17) is 0 Å². The lowest BCUT2D eigenvalue weighted by molar-refractivity contribution is 0.475. The highest BCUT2D eigenvalue weighted by Crippen LogP contribution is 2.24. The lowest BCUT2D eigenvalue weighted by atomic mass is 10.1. The van der Waals surface area contributed by atoms with Gasteiger partial charge in [0.25, 0.3) is 0 Å². The van der Waals surface area contributed by atoms with E-state index in [0.717, 1.165) is 11.3 Å². The van der Waals surface area contributed by atoms with Gasteiger partial charge in [-0.3, -0.25) is 0 Å². The Balaban J connectivity index is 1.83. The Bertz CT molecular complexity index is 719. The van der Waals surface area contributed by atoms with Crippen molar-refractivity contribution in [2.75, 3.05) is 5.32 Å². The van der Waals surface area contributed by atoms with Crippen molar-refractivity contribution in [2.45, 2.75) is 13.0 Å². The summed E-state index contributed by atoms with van der Waals surface area (Å²) in [5.74, 6) is 0.298. The van der Waals surface area contributed by atoms with Crippen LogP contribution in [0.5, 0.6) is 5.75 Å². The molecule has 1 unspecified atom stereocenters. The number of phenols is 1. The number of anilines is 1. The zero-order valence-electron chi connectivity index (χ0n) is 11.4. The monoisotopic (exact) mass is 263 g/mol. The van der Waals surface area contributed by atoms with E-state index in [-0.39, 0.29) is 6.04 Å². The Hall–Kier alpha value is -2.48. The topological polar surface area (TPSA) is 32.3 Å². The summed E-state index contributed by atoms with van der Waals surface area (Å²) < 4.78 is 0. The Morgan fingerprint density at radius 3 is 2.30 bits per heavy atom. The van der Waals surface area contributed by atoms with Gasteiger partial charge in [-0.05, 0) is 47.5 Å². The Morgan fingerprint density at radius 2 is 1.55 bits per heavy atom. The highest BCUT2D eigenvalue weighted by molar-refractivity contribution is 5.85. The molecule has 0 heterocycles. The van der Waals surface area contributed by atoms with Gasteiger partial charge >= 0.3 is 0 Å². The van der Waals surface area contributed by atoms with Crippen LogP contribution in [0.3, 0.4) is 0 Å². The van der Waals surface area contributed by atoms with Gasteiger partial charge in [-0.2, -0.15) is 0 Å². The number of aromatic hydroxyl groups is 1. The zero-order valence-corrected chi connectivity index (χ0v) is 11.4. The number of benzene rings is 3. The van der Waals surface area contributed by atoms with Crippen LogP contribution in [0.4, 0.5) is 5.69 Å². The number of phenolic OH excluding ortho intramolecular Hbond substituents is 1. The first-order valence-corrected chi connectivity index (χ1v) is 6.77. The normalized spacial score (nSPS) is 12.2. The van der Waals surface area contributed by atoms with Crippen LogP contribution in [0.15, 0.2) is 66.7 Å². The van der Waals surface area contributed by atoms with Crippen molar-refractivity contribution in [1.82, 2.24) is 0 Å². The summed E-state index contributed by atoms with van der Waals surface area (Å²) in [4.78, 5) is 0. The van der Waals surface area contributed by atoms with Gasteiger partial charge in [0.05, 0.1) is 0 Å². The second-order valence-electron chi connectivity index (χ2n) is 5.02. The Labute approximate surface area is 118 Å². The molecule has 0 saturated heterocycles. The number of hydrogen-bond acceptors (Lipinski definition) is 2. The van der Waals surface area contributed by atoms with Crippen LogP contribution < -0.4 is 5.32 Å². The fraction of sp³-hybridized carbons (Fsp3) is 0.111. The molecule has 0 bridgehead atoms. The first-order valence-electron chi connectivity index (χ1n) is 6.77. The van der Waals surface area contributed by atoms with Gasteiger partial charge in [0.1, 0.15) is 5.75 Å². The third-order valence-electron chi connectivity index (χ3n) is 3.53. The van der Waals surface area contributed by atoms with E-state index in [1.807, 2.05) is 12.1 Å². The molecule has 1 atom stereocenters. The van der Waals surface area contributed by atoms with Gasteiger partial charge in [0.15, 0.2) is 0 Å².